The molecule has 0 unspecified atom stereocenters. The Kier molecular flexibility index (Phi) is 3.87. The molecule has 1 atom stereocenters. The van der Waals surface area contributed by atoms with E-state index in [0.717, 1.165) is 31.0 Å². The monoisotopic (exact) mass is 341 g/mol. The van der Waals surface area contributed by atoms with Crippen LogP contribution in [0.4, 0.5) is 5.69 Å². The molecular weight excluding hydrogens is 322 g/mol. The molecule has 4 rings (SSSR count). The van der Waals surface area contributed by atoms with Crippen LogP contribution in [-0.2, 0) is 22.6 Å². The maximum Gasteiger partial charge on any atom is 0.265 e. The number of anilines is 1. The number of nitrogens with one attached hydrogen (secondary N) is 1. The predicted octanol–water partition coefficient (Wildman–Crippen LogP) is 0.827. The van der Waals surface area contributed by atoms with Crippen LogP contribution in [0.25, 0.3) is 0 Å². The van der Waals surface area contributed by atoms with E-state index in [1.807, 2.05) is 19.1 Å². The zero-order chi connectivity index (χ0) is 17.4. The van der Waals surface area contributed by atoms with Crippen LogP contribution in [0.1, 0.15) is 31.0 Å². The first-order valence-electron chi connectivity index (χ1n) is 8.37. The van der Waals surface area contributed by atoms with Crippen LogP contribution in [-0.4, -0.2) is 39.7 Å². The number of amides is 2. The SMILES string of the molecule is C[C@@H](NC(=O)CN1C(=O)COc2ccccc21)c1nnc2n1CCC2. The minimum absolute atomic E-state index is 0.0511. The molecule has 130 valence electrons. The van der Waals surface area contributed by atoms with Gasteiger partial charge in [0.2, 0.25) is 5.91 Å². The molecule has 1 aromatic carbocycles. The maximum absolute atomic E-state index is 12.5. The van der Waals surface area contributed by atoms with Crippen molar-refractivity contribution < 1.29 is 14.3 Å². The number of hydrogen-bond donors (Lipinski definition) is 1. The molecule has 25 heavy (non-hydrogen) atoms. The second-order valence-corrected chi connectivity index (χ2v) is 6.26. The van der Waals surface area contributed by atoms with Gasteiger partial charge in [-0.05, 0) is 25.5 Å². The second kappa shape index (κ2) is 6.19. The van der Waals surface area contributed by atoms with Crippen LogP contribution in [0, 0.1) is 0 Å². The number of hydrogen-bond acceptors (Lipinski definition) is 5. The fraction of sp³-hybridized carbons (Fsp3) is 0.412. The molecule has 0 saturated carbocycles. The van der Waals surface area contributed by atoms with Crippen molar-refractivity contribution in [3.63, 3.8) is 0 Å². The normalized spacial score (nSPS) is 16.8. The van der Waals surface area contributed by atoms with Crippen molar-refractivity contribution in [1.82, 2.24) is 20.1 Å². The summed E-state index contributed by atoms with van der Waals surface area (Å²) in [6.45, 7) is 2.65. The van der Waals surface area contributed by atoms with Gasteiger partial charge in [0, 0.05) is 13.0 Å². The molecule has 1 N–H and O–H groups in total. The molecule has 0 saturated heterocycles. The lowest BCUT2D eigenvalue weighted by Crippen LogP contribution is -2.45. The lowest BCUT2D eigenvalue weighted by Gasteiger charge is -2.29. The van der Waals surface area contributed by atoms with Crippen molar-refractivity contribution in [2.24, 2.45) is 0 Å². The second-order valence-electron chi connectivity index (χ2n) is 6.26. The summed E-state index contributed by atoms with van der Waals surface area (Å²) in [7, 11) is 0. The Bertz CT molecular complexity index is 831. The summed E-state index contributed by atoms with van der Waals surface area (Å²) < 4.78 is 7.45. The van der Waals surface area contributed by atoms with E-state index < -0.39 is 0 Å². The molecule has 8 heteroatoms. The average molecular weight is 341 g/mol. The minimum atomic E-state index is -0.266. The number of para-hydroxylation sites is 2. The lowest BCUT2D eigenvalue weighted by molar-refractivity contribution is -0.125. The molecule has 3 heterocycles. The first kappa shape index (κ1) is 15.6. The highest BCUT2D eigenvalue weighted by molar-refractivity contribution is 6.02. The molecule has 0 bridgehead atoms. The standard InChI is InChI=1S/C17H19N5O3/c1-11(17-20-19-14-7-4-8-21(14)17)18-15(23)9-22-12-5-2-3-6-13(12)25-10-16(22)24/h2-3,5-6,11H,4,7-10H2,1H3,(H,18,23)/t11-/m1/s1. The van der Waals surface area contributed by atoms with Gasteiger partial charge in [0.25, 0.3) is 5.91 Å². The van der Waals surface area contributed by atoms with E-state index in [2.05, 4.69) is 20.1 Å². The van der Waals surface area contributed by atoms with Crippen LogP contribution >= 0.6 is 0 Å². The number of benzene rings is 1. The Labute approximate surface area is 144 Å². The number of fused-ring (bicyclic) bond motifs is 2. The first-order chi connectivity index (χ1) is 12.1. The number of nitrogens with zero attached hydrogens (tertiary/aromatic N) is 4. The lowest BCUT2D eigenvalue weighted by atomic mass is 10.2. The molecule has 0 radical (unpaired) electrons. The molecular formula is C17H19N5O3. The van der Waals surface area contributed by atoms with Gasteiger partial charge in [0.1, 0.15) is 18.1 Å². The number of carbonyl (C=O) groups excluding carboxylic acids is 2. The third-order valence-corrected chi connectivity index (χ3v) is 4.51. The average Bonchev–Trinajstić information content (AvgIpc) is 3.20. The summed E-state index contributed by atoms with van der Waals surface area (Å²) in [5.74, 6) is 1.86. The van der Waals surface area contributed by atoms with Gasteiger partial charge in [-0.15, -0.1) is 10.2 Å². The van der Waals surface area contributed by atoms with E-state index in [4.69, 9.17) is 4.74 Å². The van der Waals surface area contributed by atoms with Crippen molar-refractivity contribution in [1.29, 1.82) is 0 Å². The molecule has 0 aliphatic carbocycles. The maximum atomic E-state index is 12.5. The highest BCUT2D eigenvalue weighted by atomic mass is 16.5. The summed E-state index contributed by atoms with van der Waals surface area (Å²) in [6, 6.07) is 6.94. The van der Waals surface area contributed by atoms with Crippen molar-refractivity contribution in [3.8, 4) is 5.75 Å². The van der Waals surface area contributed by atoms with Gasteiger partial charge in [-0.2, -0.15) is 0 Å². The van der Waals surface area contributed by atoms with Crippen LogP contribution in [0.2, 0.25) is 0 Å². The zero-order valence-electron chi connectivity index (χ0n) is 13.9. The van der Waals surface area contributed by atoms with Crippen LogP contribution in [0.15, 0.2) is 24.3 Å². The Morgan fingerprint density at radius 1 is 1.36 bits per heavy atom. The van der Waals surface area contributed by atoms with E-state index in [-0.39, 0.29) is 31.0 Å². The molecule has 2 amide bonds. The van der Waals surface area contributed by atoms with Crippen LogP contribution < -0.4 is 15.0 Å². The van der Waals surface area contributed by atoms with Gasteiger partial charge in [-0.25, -0.2) is 0 Å². The van der Waals surface area contributed by atoms with E-state index in [1.165, 1.54) is 4.90 Å². The molecule has 0 fully saturated rings. The summed E-state index contributed by atoms with van der Waals surface area (Å²) in [5.41, 5.74) is 0.616. The van der Waals surface area contributed by atoms with E-state index in [1.54, 1.807) is 12.1 Å². The zero-order valence-corrected chi connectivity index (χ0v) is 13.9. The fourth-order valence-electron chi connectivity index (χ4n) is 3.32. The topological polar surface area (TPSA) is 89.3 Å². The first-order valence-corrected chi connectivity index (χ1v) is 8.37. The van der Waals surface area contributed by atoms with Gasteiger partial charge in [-0.1, -0.05) is 12.1 Å². The van der Waals surface area contributed by atoms with Gasteiger partial charge < -0.3 is 14.6 Å². The largest absolute Gasteiger partial charge is 0.482 e. The number of ether oxygens (including phenoxy) is 1. The molecule has 2 aromatic rings. The number of aromatic nitrogens is 3. The van der Waals surface area contributed by atoms with Crippen molar-refractivity contribution >= 4 is 17.5 Å². The predicted molar refractivity (Wildman–Crippen MR) is 89.2 cm³/mol. The number of carbonyl (C=O) groups is 2. The number of aryl methyl sites for hydroxylation is 1. The van der Waals surface area contributed by atoms with Gasteiger partial charge in [-0.3, -0.25) is 14.5 Å². The molecule has 2 aliphatic rings. The van der Waals surface area contributed by atoms with E-state index >= 15 is 0 Å². The van der Waals surface area contributed by atoms with Gasteiger partial charge in [0.15, 0.2) is 12.4 Å². The molecule has 0 spiro atoms. The highest BCUT2D eigenvalue weighted by Crippen LogP contribution is 2.31. The summed E-state index contributed by atoms with van der Waals surface area (Å²) in [4.78, 5) is 26.1. The summed E-state index contributed by atoms with van der Waals surface area (Å²) in [5, 5.41) is 11.3. The Hall–Kier alpha value is -2.90. The summed E-state index contributed by atoms with van der Waals surface area (Å²) in [6.07, 6.45) is 1.98. The quantitative estimate of drug-likeness (QED) is 0.890. The Morgan fingerprint density at radius 2 is 2.20 bits per heavy atom. The van der Waals surface area contributed by atoms with Crippen molar-refractivity contribution in [3.05, 3.63) is 35.9 Å². The van der Waals surface area contributed by atoms with E-state index in [9.17, 15) is 9.59 Å². The fourth-order valence-corrected chi connectivity index (χ4v) is 3.32. The Balaban J connectivity index is 1.46. The van der Waals surface area contributed by atoms with E-state index in [0.29, 0.717) is 11.4 Å². The smallest absolute Gasteiger partial charge is 0.265 e. The van der Waals surface area contributed by atoms with Crippen molar-refractivity contribution in [2.75, 3.05) is 18.1 Å². The third kappa shape index (κ3) is 2.84. The highest BCUT2D eigenvalue weighted by Gasteiger charge is 2.28. The minimum Gasteiger partial charge on any atom is -0.482 e. The van der Waals surface area contributed by atoms with Gasteiger partial charge >= 0.3 is 0 Å². The Morgan fingerprint density at radius 3 is 3.08 bits per heavy atom. The molecule has 1 aromatic heterocycles. The van der Waals surface area contributed by atoms with Crippen molar-refractivity contribution in [2.45, 2.75) is 32.4 Å². The summed E-state index contributed by atoms with van der Waals surface area (Å²) >= 11 is 0. The third-order valence-electron chi connectivity index (χ3n) is 4.51. The van der Waals surface area contributed by atoms with Crippen LogP contribution in [0.5, 0.6) is 5.75 Å². The molecule has 8 nitrogen and oxygen atoms in total. The van der Waals surface area contributed by atoms with Crippen LogP contribution in [0.3, 0.4) is 0 Å². The number of rotatable bonds is 4. The van der Waals surface area contributed by atoms with Gasteiger partial charge in [0.05, 0.1) is 11.7 Å². The molecule has 2 aliphatic heterocycles.